The number of halogens is 1. The fourth-order valence-corrected chi connectivity index (χ4v) is 3.45. The van der Waals surface area contributed by atoms with Crippen LogP contribution in [0.15, 0.2) is 35.4 Å². The van der Waals surface area contributed by atoms with E-state index in [-0.39, 0.29) is 23.7 Å². The highest BCUT2D eigenvalue weighted by Gasteiger charge is 2.48. The summed E-state index contributed by atoms with van der Waals surface area (Å²) < 4.78 is 5.60. The van der Waals surface area contributed by atoms with Gasteiger partial charge in [0, 0.05) is 5.02 Å². The van der Waals surface area contributed by atoms with Crippen molar-refractivity contribution in [3.05, 3.63) is 40.4 Å². The molecule has 0 aromatic heterocycles. The summed E-state index contributed by atoms with van der Waals surface area (Å²) in [5.74, 6) is 0.223. The minimum Gasteiger partial charge on any atom is -0.492 e. The normalized spacial score (nSPS) is 24.2. The van der Waals surface area contributed by atoms with Crippen molar-refractivity contribution in [3.8, 4) is 5.75 Å². The van der Waals surface area contributed by atoms with Crippen molar-refractivity contribution in [2.75, 3.05) is 13.2 Å². The molecule has 1 aliphatic carbocycles. The Labute approximate surface area is 141 Å². The van der Waals surface area contributed by atoms with Gasteiger partial charge >= 0.3 is 0 Å². The number of benzene rings is 1. The zero-order chi connectivity index (χ0) is 16.6. The third-order valence-electron chi connectivity index (χ3n) is 4.83. The Hall–Kier alpha value is -1.81. The number of nitrogens with zero attached hydrogens (tertiary/aromatic N) is 1. The van der Waals surface area contributed by atoms with Crippen LogP contribution in [-0.2, 0) is 9.59 Å². The van der Waals surface area contributed by atoms with Gasteiger partial charge in [0.2, 0.25) is 11.8 Å². The van der Waals surface area contributed by atoms with Crippen molar-refractivity contribution < 1.29 is 14.3 Å². The lowest BCUT2D eigenvalue weighted by atomic mass is 9.78. The number of fused-ring (bicyclic) bond motifs is 1. The van der Waals surface area contributed by atoms with Crippen molar-refractivity contribution in [1.82, 2.24) is 4.90 Å². The second-order valence-electron chi connectivity index (χ2n) is 6.31. The quantitative estimate of drug-likeness (QED) is 0.626. The number of allylic oxidation sites excluding steroid dienone is 2. The molecule has 1 heterocycles. The minimum absolute atomic E-state index is 0.0495. The largest absolute Gasteiger partial charge is 0.492 e. The van der Waals surface area contributed by atoms with Gasteiger partial charge in [0.1, 0.15) is 12.4 Å². The number of rotatable bonds is 4. The maximum atomic E-state index is 12.5. The van der Waals surface area contributed by atoms with Crippen LogP contribution >= 0.6 is 11.6 Å². The fourth-order valence-electron chi connectivity index (χ4n) is 3.33. The first kappa shape index (κ1) is 16.1. The van der Waals surface area contributed by atoms with E-state index in [4.69, 9.17) is 16.3 Å². The van der Waals surface area contributed by atoms with Gasteiger partial charge in [-0.15, -0.1) is 0 Å². The number of ether oxygens (including phenoxy) is 1. The minimum atomic E-state index is -0.179. The number of carbonyl (C=O) groups excluding carboxylic acids is 2. The molecule has 2 atom stereocenters. The van der Waals surface area contributed by atoms with Crippen LogP contribution < -0.4 is 4.74 Å². The molecule has 2 amide bonds. The predicted octanol–water partition coefficient (Wildman–Crippen LogP) is 3.45. The fraction of sp³-hybridized carbons (Fsp3) is 0.444. The zero-order valence-corrected chi connectivity index (χ0v) is 14.1. The third-order valence-corrected chi connectivity index (χ3v) is 5.08. The number of hydrogen-bond donors (Lipinski definition) is 0. The monoisotopic (exact) mass is 333 g/mol. The van der Waals surface area contributed by atoms with Gasteiger partial charge in [-0.3, -0.25) is 14.5 Å². The summed E-state index contributed by atoms with van der Waals surface area (Å²) in [5.41, 5.74) is 2.48. The molecule has 0 N–H and O–H groups in total. The molecule has 1 aromatic carbocycles. The van der Waals surface area contributed by atoms with E-state index in [1.165, 1.54) is 16.0 Å². The molecule has 0 unspecified atom stereocenters. The molecular formula is C18H20ClNO3. The molecular weight excluding hydrogens is 314 g/mol. The molecule has 1 aliphatic heterocycles. The lowest BCUT2D eigenvalue weighted by molar-refractivity contribution is -0.140. The average molecular weight is 334 g/mol. The highest BCUT2D eigenvalue weighted by atomic mass is 35.5. The maximum Gasteiger partial charge on any atom is 0.233 e. The topological polar surface area (TPSA) is 46.6 Å². The maximum absolute atomic E-state index is 12.5. The molecule has 1 fully saturated rings. The van der Waals surface area contributed by atoms with Crippen LogP contribution in [0.5, 0.6) is 5.75 Å². The standard InChI is InChI=1S/C18H20ClNO3/c1-11-9-15-16(10-12(11)2)18(22)20(17(15)21)7-8-23-14-5-3-13(19)4-6-14/h3-6,15-16H,7-10H2,1-2H3/t15-,16-/m0/s1. The number of amides is 2. The van der Waals surface area contributed by atoms with Crippen molar-refractivity contribution in [1.29, 1.82) is 0 Å². The average Bonchev–Trinajstić information content (AvgIpc) is 2.75. The summed E-state index contributed by atoms with van der Waals surface area (Å²) in [7, 11) is 0. The number of likely N-dealkylation sites (tertiary alicyclic amines) is 1. The summed E-state index contributed by atoms with van der Waals surface area (Å²) in [6.45, 7) is 4.70. The predicted molar refractivity (Wildman–Crippen MR) is 88.3 cm³/mol. The summed E-state index contributed by atoms with van der Waals surface area (Å²) in [5, 5.41) is 0.643. The summed E-state index contributed by atoms with van der Waals surface area (Å²) in [6.07, 6.45) is 1.41. The molecule has 3 rings (SSSR count). The number of carbonyl (C=O) groups is 2. The Bertz CT molecular complexity index is 633. The van der Waals surface area contributed by atoms with E-state index in [0.717, 1.165) is 0 Å². The lowest BCUT2D eigenvalue weighted by Crippen LogP contribution is -2.34. The molecule has 0 saturated carbocycles. The van der Waals surface area contributed by atoms with E-state index < -0.39 is 0 Å². The van der Waals surface area contributed by atoms with Crippen molar-refractivity contribution in [3.63, 3.8) is 0 Å². The highest BCUT2D eigenvalue weighted by molar-refractivity contribution is 6.30. The summed E-state index contributed by atoms with van der Waals surface area (Å²) >= 11 is 5.82. The van der Waals surface area contributed by atoms with Crippen LogP contribution in [0.25, 0.3) is 0 Å². The van der Waals surface area contributed by atoms with E-state index in [1.807, 2.05) is 0 Å². The number of imide groups is 1. The van der Waals surface area contributed by atoms with Crippen LogP contribution in [0, 0.1) is 11.8 Å². The second kappa shape index (κ2) is 6.36. The van der Waals surface area contributed by atoms with Crippen molar-refractivity contribution >= 4 is 23.4 Å². The Morgan fingerprint density at radius 1 is 1.04 bits per heavy atom. The van der Waals surface area contributed by atoms with Gasteiger partial charge in [0.25, 0.3) is 0 Å². The van der Waals surface area contributed by atoms with Crippen molar-refractivity contribution in [2.45, 2.75) is 26.7 Å². The second-order valence-corrected chi connectivity index (χ2v) is 6.75. The van der Waals surface area contributed by atoms with Gasteiger partial charge in [-0.25, -0.2) is 0 Å². The van der Waals surface area contributed by atoms with Gasteiger partial charge in [0.15, 0.2) is 0 Å². The van der Waals surface area contributed by atoms with Crippen LogP contribution in [0.1, 0.15) is 26.7 Å². The molecule has 5 heteroatoms. The zero-order valence-electron chi connectivity index (χ0n) is 13.3. The van der Waals surface area contributed by atoms with Gasteiger partial charge in [0.05, 0.1) is 18.4 Å². The van der Waals surface area contributed by atoms with Gasteiger partial charge in [-0.2, -0.15) is 0 Å². The molecule has 0 bridgehead atoms. The van der Waals surface area contributed by atoms with Gasteiger partial charge < -0.3 is 4.74 Å². The van der Waals surface area contributed by atoms with E-state index >= 15 is 0 Å². The van der Waals surface area contributed by atoms with E-state index in [2.05, 4.69) is 13.8 Å². The van der Waals surface area contributed by atoms with E-state index in [9.17, 15) is 9.59 Å². The van der Waals surface area contributed by atoms with Crippen LogP contribution in [0.2, 0.25) is 5.02 Å². The summed E-state index contributed by atoms with van der Waals surface area (Å²) in [4.78, 5) is 26.4. The van der Waals surface area contributed by atoms with Crippen LogP contribution in [-0.4, -0.2) is 29.9 Å². The Kier molecular flexibility index (Phi) is 4.44. The molecule has 4 nitrogen and oxygen atoms in total. The third kappa shape index (κ3) is 3.13. The first-order chi connectivity index (χ1) is 11.0. The summed E-state index contributed by atoms with van der Waals surface area (Å²) in [6, 6.07) is 7.03. The Balaban J connectivity index is 1.60. The Morgan fingerprint density at radius 2 is 1.57 bits per heavy atom. The van der Waals surface area contributed by atoms with E-state index in [1.54, 1.807) is 24.3 Å². The van der Waals surface area contributed by atoms with Gasteiger partial charge in [-0.05, 0) is 51.0 Å². The first-order valence-corrected chi connectivity index (χ1v) is 8.24. The van der Waals surface area contributed by atoms with Gasteiger partial charge in [-0.1, -0.05) is 22.7 Å². The molecule has 0 radical (unpaired) electrons. The molecule has 1 saturated heterocycles. The molecule has 23 heavy (non-hydrogen) atoms. The smallest absolute Gasteiger partial charge is 0.233 e. The molecule has 0 spiro atoms. The first-order valence-electron chi connectivity index (χ1n) is 7.86. The molecule has 2 aliphatic rings. The molecule has 122 valence electrons. The van der Waals surface area contributed by atoms with Crippen molar-refractivity contribution in [2.24, 2.45) is 11.8 Å². The Morgan fingerprint density at radius 3 is 2.09 bits per heavy atom. The van der Waals surface area contributed by atoms with Crippen LogP contribution in [0.4, 0.5) is 0 Å². The number of hydrogen-bond acceptors (Lipinski definition) is 3. The van der Waals surface area contributed by atoms with Crippen LogP contribution in [0.3, 0.4) is 0 Å². The highest BCUT2D eigenvalue weighted by Crippen LogP contribution is 2.40. The van der Waals surface area contributed by atoms with E-state index in [0.29, 0.717) is 36.8 Å². The molecule has 1 aromatic rings. The SMILES string of the molecule is CC1=C(C)C[C@@H]2C(=O)N(CCOc3ccc(Cl)cc3)C(=O)[C@H]2C1. The lowest BCUT2D eigenvalue weighted by Gasteiger charge is -2.23.